The molecular weight excluding hydrogens is 308 g/mol. The molecule has 2 aliphatic rings. The summed E-state index contributed by atoms with van der Waals surface area (Å²) in [4.78, 5) is 18.3. The van der Waals surface area contributed by atoms with Gasteiger partial charge in [0.15, 0.2) is 4.96 Å². The van der Waals surface area contributed by atoms with Crippen LogP contribution >= 0.6 is 11.3 Å². The maximum atomic E-state index is 13.0. The summed E-state index contributed by atoms with van der Waals surface area (Å²) in [6.07, 6.45) is 5.98. The van der Waals surface area contributed by atoms with E-state index in [9.17, 15) is 4.79 Å². The molecule has 1 aliphatic heterocycles. The van der Waals surface area contributed by atoms with Crippen LogP contribution in [0.5, 0.6) is 5.88 Å². The minimum absolute atomic E-state index is 0.0379. The van der Waals surface area contributed by atoms with Crippen molar-refractivity contribution in [2.45, 2.75) is 37.2 Å². The summed E-state index contributed by atoms with van der Waals surface area (Å²) in [6, 6.07) is 10.3. The fourth-order valence-corrected chi connectivity index (χ4v) is 4.89. The Hall–Kier alpha value is -2.14. The maximum absolute atomic E-state index is 13.0. The summed E-state index contributed by atoms with van der Waals surface area (Å²) < 4.78 is 8.08. The lowest BCUT2D eigenvalue weighted by Crippen LogP contribution is -2.38. The van der Waals surface area contributed by atoms with Gasteiger partial charge in [0.05, 0.1) is 5.56 Å². The van der Waals surface area contributed by atoms with E-state index in [4.69, 9.17) is 4.74 Å². The van der Waals surface area contributed by atoms with Crippen molar-refractivity contribution in [1.82, 2.24) is 9.38 Å². The first-order valence-corrected chi connectivity index (χ1v) is 8.92. The van der Waals surface area contributed by atoms with E-state index in [2.05, 4.69) is 17.1 Å². The largest absolute Gasteiger partial charge is 0.465 e. The van der Waals surface area contributed by atoms with Gasteiger partial charge in [-0.25, -0.2) is 0 Å². The molecule has 116 valence electrons. The molecule has 3 heterocycles. The van der Waals surface area contributed by atoms with Crippen LogP contribution < -0.4 is 10.3 Å². The van der Waals surface area contributed by atoms with E-state index in [-0.39, 0.29) is 11.5 Å². The van der Waals surface area contributed by atoms with Crippen LogP contribution in [0.4, 0.5) is 0 Å². The quantitative estimate of drug-likeness (QED) is 0.685. The van der Waals surface area contributed by atoms with Gasteiger partial charge in [-0.1, -0.05) is 36.8 Å². The predicted octanol–water partition coefficient (Wildman–Crippen LogP) is 3.70. The molecule has 0 bridgehead atoms. The van der Waals surface area contributed by atoms with Gasteiger partial charge in [-0.15, -0.1) is 11.3 Å². The van der Waals surface area contributed by atoms with Gasteiger partial charge in [0.25, 0.3) is 5.56 Å². The van der Waals surface area contributed by atoms with Gasteiger partial charge in [-0.05, 0) is 24.8 Å². The molecule has 23 heavy (non-hydrogen) atoms. The van der Waals surface area contributed by atoms with Gasteiger partial charge in [0.2, 0.25) is 5.88 Å². The van der Waals surface area contributed by atoms with E-state index >= 15 is 0 Å². The van der Waals surface area contributed by atoms with Crippen molar-refractivity contribution in [3.8, 4) is 5.88 Å². The van der Waals surface area contributed by atoms with Crippen molar-refractivity contribution in [1.29, 1.82) is 0 Å². The van der Waals surface area contributed by atoms with Crippen LogP contribution in [0.25, 0.3) is 4.96 Å². The standard InChI is InChI=1S/C18H16N2O2S/c21-16-14-13-8-4-5-9-18(13,12-6-2-1-3-7-12)22-15(14)19-17-20(16)10-11-23-17/h1-3,6-7,10-11,13H,4-5,8-9H2/t13-,18+/m1/s1. The third kappa shape index (κ3) is 1.71. The van der Waals surface area contributed by atoms with E-state index in [1.54, 1.807) is 10.6 Å². The number of aromatic nitrogens is 2. The van der Waals surface area contributed by atoms with Crippen LogP contribution in [0, 0.1) is 0 Å². The van der Waals surface area contributed by atoms with Crippen LogP contribution in [0.3, 0.4) is 0 Å². The second-order valence-electron chi connectivity index (χ2n) is 6.35. The Bertz CT molecular complexity index is 947. The Morgan fingerprint density at radius 1 is 1.26 bits per heavy atom. The zero-order valence-corrected chi connectivity index (χ0v) is 13.4. The molecular formula is C18H16N2O2S. The zero-order valence-electron chi connectivity index (χ0n) is 12.6. The third-order valence-corrected chi connectivity index (χ3v) is 5.97. The van der Waals surface area contributed by atoms with Crippen molar-refractivity contribution in [3.63, 3.8) is 0 Å². The van der Waals surface area contributed by atoms with Gasteiger partial charge >= 0.3 is 0 Å². The summed E-state index contributed by atoms with van der Waals surface area (Å²) in [7, 11) is 0. The summed E-state index contributed by atoms with van der Waals surface area (Å²) in [5.41, 5.74) is 1.55. The normalized spacial score (nSPS) is 25.8. The molecule has 0 spiro atoms. The predicted molar refractivity (Wildman–Crippen MR) is 89.3 cm³/mol. The number of benzene rings is 1. The average Bonchev–Trinajstić information content (AvgIpc) is 3.18. The number of thiazole rings is 1. The van der Waals surface area contributed by atoms with Crippen LogP contribution in [-0.4, -0.2) is 9.38 Å². The molecule has 1 aromatic carbocycles. The minimum Gasteiger partial charge on any atom is -0.465 e. The Labute approximate surface area is 137 Å². The number of rotatable bonds is 1. The molecule has 5 rings (SSSR count). The summed E-state index contributed by atoms with van der Waals surface area (Å²) in [5, 5.41) is 1.89. The molecule has 0 saturated heterocycles. The second kappa shape index (κ2) is 4.68. The summed E-state index contributed by atoms with van der Waals surface area (Å²) in [5.74, 6) is 0.652. The first-order chi connectivity index (χ1) is 11.3. The van der Waals surface area contributed by atoms with Gasteiger partial charge in [0, 0.05) is 17.5 Å². The minimum atomic E-state index is -0.419. The number of fused-ring (bicyclic) bond motifs is 4. The number of hydrogen-bond donors (Lipinski definition) is 0. The highest BCUT2D eigenvalue weighted by molar-refractivity contribution is 7.15. The fraction of sp³-hybridized carbons (Fsp3) is 0.333. The monoisotopic (exact) mass is 324 g/mol. The molecule has 1 fully saturated rings. The lowest BCUT2D eigenvalue weighted by Gasteiger charge is -2.38. The van der Waals surface area contributed by atoms with Crippen LogP contribution in [-0.2, 0) is 5.60 Å². The molecule has 1 saturated carbocycles. The Kier molecular flexibility index (Phi) is 2.71. The van der Waals surface area contributed by atoms with Crippen molar-refractivity contribution >= 4 is 16.3 Å². The number of ether oxygens (including phenoxy) is 1. The highest BCUT2D eigenvalue weighted by atomic mass is 32.1. The van der Waals surface area contributed by atoms with Gasteiger partial charge in [-0.3, -0.25) is 9.20 Å². The summed E-state index contributed by atoms with van der Waals surface area (Å²) >= 11 is 1.47. The number of hydrogen-bond acceptors (Lipinski definition) is 4. The van der Waals surface area contributed by atoms with Crippen LogP contribution in [0.15, 0.2) is 46.7 Å². The van der Waals surface area contributed by atoms with Gasteiger partial charge in [0.1, 0.15) is 5.60 Å². The van der Waals surface area contributed by atoms with E-state index in [0.717, 1.165) is 36.8 Å². The highest BCUT2D eigenvalue weighted by Crippen LogP contribution is 2.55. The van der Waals surface area contributed by atoms with Crippen molar-refractivity contribution in [3.05, 3.63) is 63.4 Å². The lowest BCUT2D eigenvalue weighted by atomic mass is 9.70. The molecule has 3 aromatic rings. The zero-order chi connectivity index (χ0) is 15.4. The van der Waals surface area contributed by atoms with E-state index in [1.165, 1.54) is 11.3 Å². The molecule has 0 radical (unpaired) electrons. The molecule has 2 aromatic heterocycles. The molecule has 1 aliphatic carbocycles. The molecule has 0 N–H and O–H groups in total. The van der Waals surface area contributed by atoms with Gasteiger partial charge in [-0.2, -0.15) is 4.98 Å². The lowest BCUT2D eigenvalue weighted by molar-refractivity contribution is 0.0290. The van der Waals surface area contributed by atoms with Crippen molar-refractivity contribution in [2.75, 3.05) is 0 Å². The fourth-order valence-electron chi connectivity index (χ4n) is 4.19. The molecule has 2 atom stereocenters. The average molecular weight is 324 g/mol. The molecule has 0 unspecified atom stereocenters. The van der Waals surface area contributed by atoms with Gasteiger partial charge < -0.3 is 4.74 Å². The molecule has 0 amide bonds. The highest BCUT2D eigenvalue weighted by Gasteiger charge is 2.53. The van der Waals surface area contributed by atoms with Crippen LogP contribution in [0.1, 0.15) is 42.7 Å². The van der Waals surface area contributed by atoms with Crippen molar-refractivity contribution < 1.29 is 4.74 Å². The smallest absolute Gasteiger partial charge is 0.266 e. The summed E-state index contributed by atoms with van der Waals surface area (Å²) in [6.45, 7) is 0. The Morgan fingerprint density at radius 2 is 2.13 bits per heavy atom. The maximum Gasteiger partial charge on any atom is 0.266 e. The molecule has 5 heteroatoms. The Balaban J connectivity index is 1.77. The number of nitrogens with zero attached hydrogens (tertiary/aromatic N) is 2. The third-order valence-electron chi connectivity index (χ3n) is 5.21. The van der Waals surface area contributed by atoms with E-state index in [0.29, 0.717) is 10.8 Å². The first kappa shape index (κ1) is 13.3. The topological polar surface area (TPSA) is 43.6 Å². The SMILES string of the molecule is O=c1c2c(nc3sccn13)O[C@]1(c3ccccc3)CCCC[C@H]21. The molecule has 4 nitrogen and oxygen atoms in total. The second-order valence-corrected chi connectivity index (χ2v) is 7.22. The Morgan fingerprint density at radius 3 is 3.00 bits per heavy atom. The van der Waals surface area contributed by atoms with E-state index in [1.807, 2.05) is 23.6 Å². The van der Waals surface area contributed by atoms with E-state index < -0.39 is 5.60 Å². The van der Waals surface area contributed by atoms with Crippen molar-refractivity contribution in [2.24, 2.45) is 0 Å². The first-order valence-electron chi connectivity index (χ1n) is 8.04. The van der Waals surface area contributed by atoms with Crippen LogP contribution in [0.2, 0.25) is 0 Å².